The molecule has 0 aliphatic carbocycles. The summed E-state index contributed by atoms with van der Waals surface area (Å²) in [4.78, 5) is 0. The number of aliphatic hydroxyl groups is 1. The van der Waals surface area contributed by atoms with Crippen LogP contribution >= 0.6 is 12.6 Å². The summed E-state index contributed by atoms with van der Waals surface area (Å²) >= 11 is 4.44. The van der Waals surface area contributed by atoms with Crippen molar-refractivity contribution in [2.75, 3.05) is 0 Å². The summed E-state index contributed by atoms with van der Waals surface area (Å²) in [5.74, 6) is 0.700. The van der Waals surface area contributed by atoms with Gasteiger partial charge >= 0.3 is 0 Å². The lowest BCUT2D eigenvalue weighted by Crippen LogP contribution is -2.03. The Morgan fingerprint density at radius 1 is 0.696 bits per heavy atom. The molecule has 1 atom stereocenters. The molecule has 3 aromatic carbocycles. The van der Waals surface area contributed by atoms with Crippen molar-refractivity contribution in [1.29, 1.82) is 0 Å². The van der Waals surface area contributed by atoms with Gasteiger partial charge in [-0.05, 0) is 27.8 Å². The number of benzene rings is 3. The highest BCUT2D eigenvalue weighted by molar-refractivity contribution is 7.79. The predicted octanol–water partition coefficient (Wildman–Crippen LogP) is 5.06. The standard InChI is InChI=1S/C21H20OS/c22-21(16-8-2-1-3-9-16)14-17-10-4-6-12-19(17)20-13-7-5-11-18(20)15-23/h1-13,21-23H,14-15H2. The van der Waals surface area contributed by atoms with Crippen LogP contribution in [-0.4, -0.2) is 5.11 Å². The van der Waals surface area contributed by atoms with E-state index in [1.165, 1.54) is 16.7 Å². The Morgan fingerprint density at radius 2 is 1.22 bits per heavy atom. The van der Waals surface area contributed by atoms with Gasteiger partial charge in [0.2, 0.25) is 0 Å². The van der Waals surface area contributed by atoms with E-state index >= 15 is 0 Å². The second-order valence-electron chi connectivity index (χ2n) is 5.60. The first-order valence-corrected chi connectivity index (χ1v) is 8.43. The minimum atomic E-state index is -0.500. The number of rotatable bonds is 5. The van der Waals surface area contributed by atoms with Crippen molar-refractivity contribution in [3.63, 3.8) is 0 Å². The molecule has 1 unspecified atom stereocenters. The highest BCUT2D eigenvalue weighted by atomic mass is 32.1. The van der Waals surface area contributed by atoms with Crippen molar-refractivity contribution in [2.24, 2.45) is 0 Å². The number of thiol groups is 1. The van der Waals surface area contributed by atoms with E-state index in [1.54, 1.807) is 0 Å². The predicted molar refractivity (Wildman–Crippen MR) is 99.7 cm³/mol. The van der Waals surface area contributed by atoms with Crippen LogP contribution in [0.1, 0.15) is 22.8 Å². The van der Waals surface area contributed by atoms with E-state index < -0.39 is 6.10 Å². The Labute approximate surface area is 143 Å². The van der Waals surface area contributed by atoms with Crippen molar-refractivity contribution in [2.45, 2.75) is 18.3 Å². The third kappa shape index (κ3) is 3.66. The van der Waals surface area contributed by atoms with E-state index in [0.717, 1.165) is 11.1 Å². The quantitative estimate of drug-likeness (QED) is 0.630. The number of hydrogen-bond donors (Lipinski definition) is 2. The third-order valence-corrected chi connectivity index (χ3v) is 4.43. The average Bonchev–Trinajstić information content (AvgIpc) is 2.63. The van der Waals surface area contributed by atoms with Crippen LogP contribution in [-0.2, 0) is 12.2 Å². The molecule has 0 radical (unpaired) electrons. The molecule has 0 aromatic heterocycles. The average molecular weight is 320 g/mol. The van der Waals surface area contributed by atoms with Gasteiger partial charge in [-0.2, -0.15) is 12.6 Å². The maximum atomic E-state index is 10.6. The van der Waals surface area contributed by atoms with E-state index in [9.17, 15) is 5.11 Å². The number of hydrogen-bond acceptors (Lipinski definition) is 2. The minimum Gasteiger partial charge on any atom is -0.388 e. The fourth-order valence-electron chi connectivity index (χ4n) is 2.88. The largest absolute Gasteiger partial charge is 0.388 e. The molecule has 0 bridgehead atoms. The smallest absolute Gasteiger partial charge is 0.0830 e. The zero-order valence-corrected chi connectivity index (χ0v) is 13.8. The molecule has 1 N–H and O–H groups in total. The van der Waals surface area contributed by atoms with Gasteiger partial charge in [-0.25, -0.2) is 0 Å². The zero-order chi connectivity index (χ0) is 16.1. The first-order chi connectivity index (χ1) is 11.3. The van der Waals surface area contributed by atoms with E-state index in [0.29, 0.717) is 12.2 Å². The topological polar surface area (TPSA) is 20.2 Å². The van der Waals surface area contributed by atoms with Gasteiger partial charge in [-0.1, -0.05) is 78.9 Å². The van der Waals surface area contributed by atoms with Crippen LogP contribution < -0.4 is 0 Å². The monoisotopic (exact) mass is 320 g/mol. The van der Waals surface area contributed by atoms with Crippen LogP contribution in [0.5, 0.6) is 0 Å². The lowest BCUT2D eigenvalue weighted by Gasteiger charge is -2.16. The Bertz CT molecular complexity index is 768. The Kier molecular flexibility index (Phi) is 5.16. The fourth-order valence-corrected chi connectivity index (χ4v) is 3.16. The summed E-state index contributed by atoms with van der Waals surface area (Å²) in [6, 6.07) is 26.4. The van der Waals surface area contributed by atoms with Crippen LogP contribution in [0.3, 0.4) is 0 Å². The van der Waals surface area contributed by atoms with Crippen LogP contribution in [0.4, 0.5) is 0 Å². The first kappa shape index (κ1) is 15.9. The summed E-state index contributed by atoms with van der Waals surface area (Å²) in [6.07, 6.45) is 0.0988. The Morgan fingerprint density at radius 3 is 1.87 bits per heavy atom. The molecular weight excluding hydrogens is 300 g/mol. The minimum absolute atomic E-state index is 0.500. The van der Waals surface area contributed by atoms with E-state index in [4.69, 9.17) is 0 Å². The van der Waals surface area contributed by atoms with Crippen molar-refractivity contribution in [3.8, 4) is 11.1 Å². The van der Waals surface area contributed by atoms with Crippen molar-refractivity contribution < 1.29 is 5.11 Å². The second-order valence-corrected chi connectivity index (χ2v) is 5.92. The molecule has 0 heterocycles. The van der Waals surface area contributed by atoms with Crippen LogP contribution in [0.15, 0.2) is 78.9 Å². The second kappa shape index (κ2) is 7.49. The molecule has 3 aromatic rings. The van der Waals surface area contributed by atoms with E-state index in [1.807, 2.05) is 54.6 Å². The van der Waals surface area contributed by atoms with Gasteiger partial charge in [0.1, 0.15) is 0 Å². The Balaban J connectivity index is 1.95. The van der Waals surface area contributed by atoms with Crippen molar-refractivity contribution in [3.05, 3.63) is 95.6 Å². The lowest BCUT2D eigenvalue weighted by molar-refractivity contribution is 0.178. The summed E-state index contributed by atoms with van der Waals surface area (Å²) in [6.45, 7) is 0. The van der Waals surface area contributed by atoms with Gasteiger partial charge in [0.25, 0.3) is 0 Å². The third-order valence-electron chi connectivity index (χ3n) is 4.09. The SMILES string of the molecule is OC(Cc1ccccc1-c1ccccc1CS)c1ccccc1. The molecule has 116 valence electrons. The fraction of sp³-hybridized carbons (Fsp3) is 0.143. The number of aliphatic hydroxyl groups excluding tert-OH is 1. The van der Waals surface area contributed by atoms with Crippen molar-refractivity contribution in [1.82, 2.24) is 0 Å². The van der Waals surface area contributed by atoms with E-state index in [2.05, 4.69) is 36.9 Å². The van der Waals surface area contributed by atoms with Crippen molar-refractivity contribution >= 4 is 12.6 Å². The van der Waals surface area contributed by atoms with Gasteiger partial charge < -0.3 is 5.11 Å². The van der Waals surface area contributed by atoms with E-state index in [-0.39, 0.29) is 0 Å². The molecule has 3 rings (SSSR count). The highest BCUT2D eigenvalue weighted by Crippen LogP contribution is 2.30. The molecule has 0 amide bonds. The molecule has 0 saturated carbocycles. The van der Waals surface area contributed by atoms with Crippen LogP contribution in [0.25, 0.3) is 11.1 Å². The van der Waals surface area contributed by atoms with Gasteiger partial charge in [0.05, 0.1) is 6.10 Å². The molecule has 0 aliphatic heterocycles. The molecule has 0 aliphatic rings. The first-order valence-electron chi connectivity index (χ1n) is 7.79. The summed E-state index contributed by atoms with van der Waals surface area (Å²) < 4.78 is 0. The van der Waals surface area contributed by atoms with Gasteiger partial charge in [-0.3, -0.25) is 0 Å². The maximum absolute atomic E-state index is 10.6. The van der Waals surface area contributed by atoms with Gasteiger partial charge in [0, 0.05) is 12.2 Å². The van der Waals surface area contributed by atoms with Crippen LogP contribution in [0.2, 0.25) is 0 Å². The zero-order valence-electron chi connectivity index (χ0n) is 12.9. The van der Waals surface area contributed by atoms with Gasteiger partial charge in [-0.15, -0.1) is 0 Å². The lowest BCUT2D eigenvalue weighted by atomic mass is 9.92. The van der Waals surface area contributed by atoms with Crippen LogP contribution in [0, 0.1) is 0 Å². The molecule has 23 heavy (non-hydrogen) atoms. The molecular formula is C21H20OS. The molecule has 1 nitrogen and oxygen atoms in total. The molecule has 2 heteroatoms. The normalized spacial score (nSPS) is 12.1. The summed E-state index contributed by atoms with van der Waals surface area (Å²) in [5.41, 5.74) is 5.67. The van der Waals surface area contributed by atoms with Gasteiger partial charge in [0.15, 0.2) is 0 Å². The molecule has 0 fully saturated rings. The molecule has 0 saturated heterocycles. The Hall–Kier alpha value is -2.03. The summed E-state index contributed by atoms with van der Waals surface area (Å²) in [5, 5.41) is 10.6. The molecule has 0 spiro atoms. The maximum Gasteiger partial charge on any atom is 0.0830 e. The summed E-state index contributed by atoms with van der Waals surface area (Å²) in [7, 11) is 0. The highest BCUT2D eigenvalue weighted by Gasteiger charge is 2.13.